The predicted octanol–water partition coefficient (Wildman–Crippen LogP) is 3.82. The van der Waals surface area contributed by atoms with E-state index in [9.17, 15) is 4.79 Å². The summed E-state index contributed by atoms with van der Waals surface area (Å²) in [6, 6.07) is 8.50. The summed E-state index contributed by atoms with van der Waals surface area (Å²) < 4.78 is 5.41. The zero-order valence-corrected chi connectivity index (χ0v) is 15.2. The van der Waals surface area contributed by atoms with Gasteiger partial charge in [0.25, 0.3) is 0 Å². The number of ether oxygens (including phenoxy) is 1. The molecule has 2 rings (SSSR count). The first-order chi connectivity index (χ1) is 11.9. The smallest absolute Gasteiger partial charge is 0.316 e. The van der Waals surface area contributed by atoms with E-state index in [0.29, 0.717) is 18.3 Å². The van der Waals surface area contributed by atoms with Crippen LogP contribution in [0.2, 0.25) is 0 Å². The second-order valence-corrected chi connectivity index (χ2v) is 6.58. The maximum Gasteiger partial charge on any atom is 0.316 e. The van der Waals surface area contributed by atoms with E-state index in [-0.39, 0.29) is 11.9 Å². The minimum atomic E-state index is 0.0496. The first-order valence-corrected chi connectivity index (χ1v) is 8.51. The van der Waals surface area contributed by atoms with E-state index in [4.69, 9.17) is 4.74 Å². The van der Waals surface area contributed by atoms with Crippen LogP contribution in [0.25, 0.3) is 0 Å². The van der Waals surface area contributed by atoms with Crippen LogP contribution >= 0.6 is 0 Å². The molecule has 0 spiro atoms. The van der Waals surface area contributed by atoms with Crippen LogP contribution in [0, 0.1) is 17.8 Å². The fraction of sp³-hybridized carbons (Fsp3) is 0.381. The van der Waals surface area contributed by atoms with Gasteiger partial charge in [0.05, 0.1) is 11.7 Å². The Labute approximate surface area is 149 Å². The highest BCUT2D eigenvalue weighted by molar-refractivity contribution is 5.75. The first-order valence-electron chi connectivity index (χ1n) is 8.51. The first kappa shape index (κ1) is 18.7. The minimum Gasteiger partial charge on any atom is -0.461 e. The van der Waals surface area contributed by atoms with E-state index in [1.165, 1.54) is 5.56 Å². The van der Waals surface area contributed by atoms with Gasteiger partial charge in [0, 0.05) is 24.4 Å². The summed E-state index contributed by atoms with van der Waals surface area (Å²) in [6.07, 6.45) is 4.90. The summed E-state index contributed by atoms with van der Waals surface area (Å²) >= 11 is 0. The fourth-order valence-electron chi connectivity index (χ4n) is 2.49. The number of Topliss-reactive ketones (excluding diaryl/α,β-unsaturated/α-hetero) is 1. The van der Waals surface area contributed by atoms with Crippen molar-refractivity contribution in [3.63, 3.8) is 0 Å². The van der Waals surface area contributed by atoms with Crippen LogP contribution < -0.4 is 4.74 Å². The van der Waals surface area contributed by atoms with E-state index in [0.717, 1.165) is 17.5 Å². The average molecular weight is 336 g/mol. The van der Waals surface area contributed by atoms with Crippen LogP contribution in [0.3, 0.4) is 0 Å². The lowest BCUT2D eigenvalue weighted by atomic mass is 9.96. The van der Waals surface area contributed by atoms with Crippen molar-refractivity contribution in [1.29, 1.82) is 0 Å². The number of hydrogen-bond acceptors (Lipinski definition) is 4. The Hall–Kier alpha value is -2.67. The van der Waals surface area contributed by atoms with Crippen LogP contribution in [0.1, 0.15) is 50.8 Å². The van der Waals surface area contributed by atoms with Gasteiger partial charge in [0.2, 0.25) is 0 Å². The molecule has 0 saturated carbocycles. The number of hydrogen-bond donors (Lipinski definition) is 0. The Morgan fingerprint density at radius 2 is 1.64 bits per heavy atom. The normalized spacial score (nSPS) is 11.6. The van der Waals surface area contributed by atoms with E-state index in [1.54, 1.807) is 19.3 Å². The topological polar surface area (TPSA) is 52.1 Å². The molecule has 25 heavy (non-hydrogen) atoms. The molecule has 130 valence electrons. The number of nitrogens with zero attached hydrogens (tertiary/aromatic N) is 2. The van der Waals surface area contributed by atoms with Gasteiger partial charge in [-0.3, -0.25) is 0 Å². The fourth-order valence-corrected chi connectivity index (χ4v) is 2.49. The number of benzene rings is 1. The molecule has 1 aromatic heterocycles. The molecule has 0 aliphatic carbocycles. The summed E-state index contributed by atoms with van der Waals surface area (Å²) in [5.41, 5.74) is 2.90. The van der Waals surface area contributed by atoms with Gasteiger partial charge in [0.15, 0.2) is 0 Å². The van der Waals surface area contributed by atoms with Crippen molar-refractivity contribution >= 4 is 5.78 Å². The van der Waals surface area contributed by atoms with Crippen molar-refractivity contribution in [3.05, 3.63) is 53.3 Å². The van der Waals surface area contributed by atoms with Crippen molar-refractivity contribution < 1.29 is 9.53 Å². The monoisotopic (exact) mass is 336 g/mol. The quantitative estimate of drug-likeness (QED) is 0.753. The summed E-state index contributed by atoms with van der Waals surface area (Å²) in [6.45, 7) is 7.60. The van der Waals surface area contributed by atoms with Gasteiger partial charge in [-0.25, -0.2) is 9.97 Å². The molecular weight excluding hydrogens is 312 g/mol. The molecule has 0 bridgehead atoms. The lowest BCUT2D eigenvalue weighted by molar-refractivity contribution is -0.117. The Balaban J connectivity index is 1.97. The van der Waals surface area contributed by atoms with Crippen molar-refractivity contribution in [2.75, 3.05) is 0 Å². The van der Waals surface area contributed by atoms with Crippen molar-refractivity contribution in [1.82, 2.24) is 9.97 Å². The lowest BCUT2D eigenvalue weighted by Crippen LogP contribution is -2.08. The SMILES string of the molecule is CC(=O)CC(C)Cc1ccc(C#Cc2cnc(OC(C)C)nc2)cc1. The zero-order valence-electron chi connectivity index (χ0n) is 15.2. The highest BCUT2D eigenvalue weighted by Crippen LogP contribution is 2.13. The number of aromatic nitrogens is 2. The molecule has 0 saturated heterocycles. The maximum atomic E-state index is 11.2. The number of ketones is 1. The van der Waals surface area contributed by atoms with Gasteiger partial charge in [-0.2, -0.15) is 0 Å². The molecule has 4 nitrogen and oxygen atoms in total. The third-order valence-corrected chi connectivity index (χ3v) is 3.49. The molecule has 1 aromatic carbocycles. The van der Waals surface area contributed by atoms with Crippen LogP contribution in [-0.4, -0.2) is 21.9 Å². The highest BCUT2D eigenvalue weighted by Gasteiger charge is 2.06. The van der Waals surface area contributed by atoms with Crippen LogP contribution in [0.4, 0.5) is 0 Å². The summed E-state index contributed by atoms with van der Waals surface area (Å²) in [4.78, 5) is 19.4. The average Bonchev–Trinajstić information content (AvgIpc) is 2.54. The largest absolute Gasteiger partial charge is 0.461 e. The second-order valence-electron chi connectivity index (χ2n) is 6.58. The van der Waals surface area contributed by atoms with Gasteiger partial charge >= 0.3 is 6.01 Å². The standard InChI is InChI=1S/C21H24N2O2/c1-15(2)25-21-22-13-20(14-23-21)10-7-18-5-8-19(9-6-18)12-16(3)11-17(4)24/h5-6,8-9,13-16H,11-12H2,1-4H3. The van der Waals surface area contributed by atoms with Gasteiger partial charge in [0.1, 0.15) is 5.78 Å². The molecule has 0 aliphatic heterocycles. The van der Waals surface area contributed by atoms with Crippen molar-refractivity contribution in [2.45, 2.75) is 46.6 Å². The summed E-state index contributed by atoms with van der Waals surface area (Å²) in [7, 11) is 0. The van der Waals surface area contributed by atoms with Crippen LogP contribution in [0.15, 0.2) is 36.7 Å². The van der Waals surface area contributed by atoms with Crippen LogP contribution in [-0.2, 0) is 11.2 Å². The number of carbonyl (C=O) groups is 1. The molecule has 1 heterocycles. The molecule has 0 amide bonds. The van der Waals surface area contributed by atoms with Gasteiger partial charge in [-0.05, 0) is 50.8 Å². The molecule has 0 aliphatic rings. The van der Waals surface area contributed by atoms with Gasteiger partial charge in [-0.1, -0.05) is 30.9 Å². The molecule has 0 radical (unpaired) electrons. The Morgan fingerprint density at radius 3 is 2.20 bits per heavy atom. The molecule has 2 aromatic rings. The molecule has 4 heteroatoms. The van der Waals surface area contributed by atoms with E-state index in [1.807, 2.05) is 26.0 Å². The maximum absolute atomic E-state index is 11.2. The lowest BCUT2D eigenvalue weighted by Gasteiger charge is -2.09. The Kier molecular flexibility index (Phi) is 6.71. The van der Waals surface area contributed by atoms with Gasteiger partial charge < -0.3 is 9.53 Å². The predicted molar refractivity (Wildman–Crippen MR) is 98.4 cm³/mol. The Morgan fingerprint density at radius 1 is 1.04 bits per heavy atom. The third kappa shape index (κ3) is 6.76. The molecular formula is C21H24N2O2. The minimum absolute atomic E-state index is 0.0496. The summed E-state index contributed by atoms with van der Waals surface area (Å²) in [5.74, 6) is 6.76. The van der Waals surface area contributed by atoms with E-state index in [2.05, 4.69) is 40.9 Å². The Bertz CT molecular complexity index is 753. The van der Waals surface area contributed by atoms with Crippen molar-refractivity contribution in [3.8, 4) is 17.9 Å². The van der Waals surface area contributed by atoms with E-state index < -0.39 is 0 Å². The van der Waals surface area contributed by atoms with Gasteiger partial charge in [-0.15, -0.1) is 0 Å². The van der Waals surface area contributed by atoms with Crippen molar-refractivity contribution in [2.24, 2.45) is 5.92 Å². The molecule has 1 unspecified atom stereocenters. The highest BCUT2D eigenvalue weighted by atomic mass is 16.5. The third-order valence-electron chi connectivity index (χ3n) is 3.49. The molecule has 0 fully saturated rings. The molecule has 0 N–H and O–H groups in total. The zero-order chi connectivity index (χ0) is 18.2. The number of carbonyl (C=O) groups excluding carboxylic acids is 1. The van der Waals surface area contributed by atoms with E-state index >= 15 is 0 Å². The molecule has 1 atom stereocenters. The summed E-state index contributed by atoms with van der Waals surface area (Å²) in [5, 5.41) is 0. The second kappa shape index (κ2) is 8.98. The van der Waals surface area contributed by atoms with Crippen LogP contribution in [0.5, 0.6) is 6.01 Å². The number of rotatable bonds is 6.